The highest BCUT2D eigenvalue weighted by molar-refractivity contribution is 5.84. The average Bonchev–Trinajstić information content (AvgIpc) is 3.14. The molecule has 2 aromatic heterocycles. The lowest BCUT2D eigenvalue weighted by Gasteiger charge is -2.11. The number of carbonyl (C=O) groups excluding carboxylic acids is 1. The quantitative estimate of drug-likeness (QED) is 0.455. The number of rotatable bonds is 8. The van der Waals surface area contributed by atoms with Crippen LogP contribution in [0.25, 0.3) is 16.7 Å². The number of aryl methyl sites for hydroxylation is 2. The molecule has 0 saturated carbocycles. The molecule has 0 atom stereocenters. The number of para-hydroxylation sites is 2. The van der Waals surface area contributed by atoms with Crippen LogP contribution in [0.2, 0.25) is 0 Å². The third-order valence-electron chi connectivity index (χ3n) is 5.09. The van der Waals surface area contributed by atoms with Gasteiger partial charge in [0.05, 0.1) is 18.0 Å². The molecule has 32 heavy (non-hydrogen) atoms. The number of benzene rings is 2. The largest absolute Gasteiger partial charge is 0.494 e. The normalized spacial score (nSPS) is 10.8. The van der Waals surface area contributed by atoms with E-state index in [0.29, 0.717) is 24.7 Å². The summed E-state index contributed by atoms with van der Waals surface area (Å²) in [7, 11) is 0. The van der Waals surface area contributed by atoms with Crippen molar-refractivity contribution in [2.24, 2.45) is 0 Å². The lowest BCUT2D eigenvalue weighted by Crippen LogP contribution is -2.28. The summed E-state index contributed by atoms with van der Waals surface area (Å²) >= 11 is 0. The molecule has 4 rings (SSSR count). The lowest BCUT2D eigenvalue weighted by atomic mass is 10.2. The van der Waals surface area contributed by atoms with E-state index < -0.39 is 0 Å². The van der Waals surface area contributed by atoms with Gasteiger partial charge in [-0.2, -0.15) is 10.1 Å². The number of nitrogens with zero attached hydrogens (tertiary/aromatic N) is 3. The van der Waals surface area contributed by atoms with Crippen LogP contribution in [0, 0.1) is 13.8 Å². The standard InChI is InChI=1S/C25H26N4O3/c1-4-31-21-13-9-8-10-19(21)15-26-22(30)16-32-23-14-17(2)24-18(3)28-29(25(24)27-23)20-11-6-5-7-12-20/h5-14H,4,15-16H2,1-3H3,(H,26,30). The van der Waals surface area contributed by atoms with Crippen LogP contribution in [-0.4, -0.2) is 33.9 Å². The van der Waals surface area contributed by atoms with Crippen molar-refractivity contribution >= 4 is 16.9 Å². The Morgan fingerprint density at radius 3 is 2.56 bits per heavy atom. The van der Waals surface area contributed by atoms with Crippen LogP contribution < -0.4 is 14.8 Å². The van der Waals surface area contributed by atoms with E-state index in [4.69, 9.17) is 9.47 Å². The average molecular weight is 431 g/mol. The van der Waals surface area contributed by atoms with Crippen molar-refractivity contribution in [1.82, 2.24) is 20.1 Å². The molecule has 164 valence electrons. The van der Waals surface area contributed by atoms with E-state index in [0.717, 1.165) is 33.6 Å². The number of hydrogen-bond acceptors (Lipinski definition) is 5. The van der Waals surface area contributed by atoms with Gasteiger partial charge in [-0.3, -0.25) is 4.79 Å². The number of amides is 1. The van der Waals surface area contributed by atoms with Crippen molar-refractivity contribution in [3.63, 3.8) is 0 Å². The van der Waals surface area contributed by atoms with E-state index in [1.165, 1.54) is 0 Å². The molecule has 0 aliphatic heterocycles. The molecular formula is C25H26N4O3. The number of aromatic nitrogens is 3. The van der Waals surface area contributed by atoms with Gasteiger partial charge in [-0.15, -0.1) is 0 Å². The zero-order chi connectivity index (χ0) is 22.5. The van der Waals surface area contributed by atoms with Crippen molar-refractivity contribution in [2.45, 2.75) is 27.3 Å². The van der Waals surface area contributed by atoms with Crippen LogP contribution in [0.1, 0.15) is 23.7 Å². The predicted molar refractivity (Wildman–Crippen MR) is 123 cm³/mol. The highest BCUT2D eigenvalue weighted by Crippen LogP contribution is 2.26. The molecule has 0 aliphatic carbocycles. The van der Waals surface area contributed by atoms with Gasteiger partial charge in [-0.25, -0.2) is 4.68 Å². The second-order valence-corrected chi connectivity index (χ2v) is 7.41. The van der Waals surface area contributed by atoms with Gasteiger partial charge in [-0.1, -0.05) is 36.4 Å². The minimum atomic E-state index is -0.233. The monoisotopic (exact) mass is 430 g/mol. The molecule has 1 N–H and O–H groups in total. The fourth-order valence-corrected chi connectivity index (χ4v) is 3.63. The molecule has 0 radical (unpaired) electrons. The molecule has 0 spiro atoms. The summed E-state index contributed by atoms with van der Waals surface area (Å²) in [5.74, 6) is 0.920. The van der Waals surface area contributed by atoms with E-state index in [-0.39, 0.29) is 12.5 Å². The van der Waals surface area contributed by atoms with Crippen molar-refractivity contribution < 1.29 is 14.3 Å². The zero-order valence-corrected chi connectivity index (χ0v) is 18.5. The van der Waals surface area contributed by atoms with Gasteiger partial charge in [0.15, 0.2) is 12.3 Å². The van der Waals surface area contributed by atoms with Crippen LogP contribution >= 0.6 is 0 Å². The summed E-state index contributed by atoms with van der Waals surface area (Å²) in [5.41, 5.74) is 4.43. The topological polar surface area (TPSA) is 78.3 Å². The highest BCUT2D eigenvalue weighted by Gasteiger charge is 2.15. The molecule has 0 unspecified atom stereocenters. The number of fused-ring (bicyclic) bond motifs is 1. The summed E-state index contributed by atoms with van der Waals surface area (Å²) in [6.45, 7) is 6.69. The van der Waals surface area contributed by atoms with E-state index in [2.05, 4.69) is 15.4 Å². The predicted octanol–water partition coefficient (Wildman–Crippen LogP) is 4.13. The smallest absolute Gasteiger partial charge is 0.258 e. The first-order valence-corrected chi connectivity index (χ1v) is 10.6. The number of ether oxygens (including phenoxy) is 2. The minimum absolute atomic E-state index is 0.132. The molecule has 0 aliphatic rings. The third kappa shape index (κ3) is 4.56. The van der Waals surface area contributed by atoms with Gasteiger partial charge in [0.2, 0.25) is 5.88 Å². The van der Waals surface area contributed by atoms with E-state index >= 15 is 0 Å². The van der Waals surface area contributed by atoms with Crippen molar-refractivity contribution in [3.05, 3.63) is 77.5 Å². The Morgan fingerprint density at radius 2 is 1.78 bits per heavy atom. The first-order chi connectivity index (χ1) is 15.6. The Hall–Kier alpha value is -3.87. The Labute approximate surface area is 187 Å². The van der Waals surface area contributed by atoms with Crippen LogP contribution in [0.3, 0.4) is 0 Å². The van der Waals surface area contributed by atoms with Crippen molar-refractivity contribution in [3.8, 4) is 17.3 Å². The highest BCUT2D eigenvalue weighted by atomic mass is 16.5. The molecule has 0 fully saturated rings. The summed E-state index contributed by atoms with van der Waals surface area (Å²) in [6, 6.07) is 19.3. The Balaban J connectivity index is 1.47. The lowest BCUT2D eigenvalue weighted by molar-refractivity contribution is -0.123. The number of pyridine rings is 1. The maximum atomic E-state index is 12.4. The molecule has 4 aromatic rings. The third-order valence-corrected chi connectivity index (χ3v) is 5.09. The molecular weight excluding hydrogens is 404 g/mol. The summed E-state index contributed by atoms with van der Waals surface area (Å²) in [4.78, 5) is 17.0. The molecule has 7 nitrogen and oxygen atoms in total. The molecule has 7 heteroatoms. The van der Waals surface area contributed by atoms with Crippen LogP contribution in [0.4, 0.5) is 0 Å². The molecule has 0 bridgehead atoms. The zero-order valence-electron chi connectivity index (χ0n) is 18.5. The SMILES string of the molecule is CCOc1ccccc1CNC(=O)COc1cc(C)c2c(C)nn(-c3ccccc3)c2n1. The van der Waals surface area contributed by atoms with Gasteiger partial charge >= 0.3 is 0 Å². The van der Waals surface area contributed by atoms with Gasteiger partial charge in [0.1, 0.15) is 5.75 Å². The molecule has 2 aromatic carbocycles. The van der Waals surface area contributed by atoms with Crippen LogP contribution in [0.5, 0.6) is 11.6 Å². The second-order valence-electron chi connectivity index (χ2n) is 7.41. The Bertz CT molecular complexity index is 1230. The van der Waals surface area contributed by atoms with Gasteiger partial charge in [0, 0.05) is 23.6 Å². The molecule has 1 amide bonds. The molecule has 2 heterocycles. The number of hydrogen-bond donors (Lipinski definition) is 1. The fourth-order valence-electron chi connectivity index (χ4n) is 3.63. The Morgan fingerprint density at radius 1 is 1.03 bits per heavy atom. The summed E-state index contributed by atoms with van der Waals surface area (Å²) in [6.07, 6.45) is 0. The van der Waals surface area contributed by atoms with Crippen molar-refractivity contribution in [2.75, 3.05) is 13.2 Å². The first kappa shape index (κ1) is 21.4. The summed E-state index contributed by atoms with van der Waals surface area (Å²) < 4.78 is 13.1. The van der Waals surface area contributed by atoms with Crippen LogP contribution in [0.15, 0.2) is 60.7 Å². The molecule has 0 saturated heterocycles. The van der Waals surface area contributed by atoms with E-state index in [1.807, 2.05) is 81.4 Å². The van der Waals surface area contributed by atoms with Gasteiger partial charge < -0.3 is 14.8 Å². The maximum absolute atomic E-state index is 12.4. The number of carbonyl (C=O) groups is 1. The minimum Gasteiger partial charge on any atom is -0.494 e. The first-order valence-electron chi connectivity index (χ1n) is 10.6. The van der Waals surface area contributed by atoms with Gasteiger partial charge in [-0.05, 0) is 44.5 Å². The van der Waals surface area contributed by atoms with E-state index in [9.17, 15) is 4.79 Å². The second kappa shape index (κ2) is 9.51. The van der Waals surface area contributed by atoms with Gasteiger partial charge in [0.25, 0.3) is 5.91 Å². The maximum Gasteiger partial charge on any atom is 0.258 e. The Kier molecular flexibility index (Phi) is 6.35. The van der Waals surface area contributed by atoms with Crippen molar-refractivity contribution in [1.29, 1.82) is 0 Å². The summed E-state index contributed by atoms with van der Waals surface area (Å²) in [5, 5.41) is 8.51. The van der Waals surface area contributed by atoms with Crippen LogP contribution in [-0.2, 0) is 11.3 Å². The fraction of sp³-hybridized carbons (Fsp3) is 0.240. The number of nitrogens with one attached hydrogen (secondary N) is 1. The van der Waals surface area contributed by atoms with E-state index in [1.54, 1.807) is 4.68 Å².